The number of carbonyl (C=O) groups excluding carboxylic acids is 1. The second-order valence-electron chi connectivity index (χ2n) is 2.77. The monoisotopic (exact) mass is 192 g/mol. The molecular formula is C11H12O3. The molecule has 74 valence electrons. The molecule has 0 spiro atoms. The van der Waals surface area contributed by atoms with E-state index in [1.807, 2.05) is 30.3 Å². The molecule has 0 heterocycles. The first-order chi connectivity index (χ1) is 6.74. The van der Waals surface area contributed by atoms with Gasteiger partial charge in [-0.3, -0.25) is 0 Å². The van der Waals surface area contributed by atoms with Crippen LogP contribution < -0.4 is 0 Å². The Kier molecular flexibility index (Phi) is 3.73. The van der Waals surface area contributed by atoms with Gasteiger partial charge in [-0.2, -0.15) is 0 Å². The maximum atomic E-state index is 10.8. The van der Waals surface area contributed by atoms with Gasteiger partial charge in [-0.05, 0) is 18.1 Å². The molecule has 0 amide bonds. The molecule has 0 aliphatic heterocycles. The van der Waals surface area contributed by atoms with Gasteiger partial charge in [0.1, 0.15) is 0 Å². The fourth-order valence-electron chi connectivity index (χ4n) is 1.02. The van der Waals surface area contributed by atoms with Crippen LogP contribution in [0, 0.1) is 0 Å². The molecule has 1 aromatic rings. The van der Waals surface area contributed by atoms with E-state index in [0.29, 0.717) is 6.42 Å². The first-order valence-corrected chi connectivity index (χ1v) is 4.25. The van der Waals surface area contributed by atoms with Crippen molar-refractivity contribution in [3.8, 4) is 0 Å². The quantitative estimate of drug-likeness (QED) is 0.451. The smallest absolute Gasteiger partial charge is 0.372 e. The lowest BCUT2D eigenvalue weighted by Gasteiger charge is -1.98. The lowest BCUT2D eigenvalue weighted by Crippen LogP contribution is -2.04. The maximum Gasteiger partial charge on any atom is 0.372 e. The van der Waals surface area contributed by atoms with Gasteiger partial charge in [-0.1, -0.05) is 30.3 Å². The van der Waals surface area contributed by atoms with Crippen LogP contribution in [0.3, 0.4) is 0 Å². The van der Waals surface area contributed by atoms with Crippen LogP contribution in [0.2, 0.25) is 0 Å². The largest absolute Gasteiger partial charge is 0.502 e. The second-order valence-corrected chi connectivity index (χ2v) is 2.77. The van der Waals surface area contributed by atoms with Crippen molar-refractivity contribution in [1.82, 2.24) is 0 Å². The molecule has 3 heteroatoms. The number of hydrogen-bond donors (Lipinski definition) is 1. The maximum absolute atomic E-state index is 10.8. The number of rotatable bonds is 3. The van der Waals surface area contributed by atoms with E-state index in [-0.39, 0.29) is 5.76 Å². The Morgan fingerprint density at radius 2 is 2.07 bits per heavy atom. The number of carbonyl (C=O) groups is 1. The van der Waals surface area contributed by atoms with Gasteiger partial charge >= 0.3 is 5.97 Å². The van der Waals surface area contributed by atoms with E-state index in [1.165, 1.54) is 13.2 Å². The molecule has 0 saturated heterocycles. The van der Waals surface area contributed by atoms with Gasteiger partial charge in [-0.25, -0.2) is 4.79 Å². The summed E-state index contributed by atoms with van der Waals surface area (Å²) in [6, 6.07) is 9.55. The van der Waals surface area contributed by atoms with Gasteiger partial charge in [0.05, 0.1) is 7.11 Å². The van der Waals surface area contributed by atoms with Gasteiger partial charge in [-0.15, -0.1) is 0 Å². The Labute approximate surface area is 82.6 Å². The van der Waals surface area contributed by atoms with Crippen molar-refractivity contribution >= 4 is 5.97 Å². The van der Waals surface area contributed by atoms with E-state index in [1.54, 1.807) is 0 Å². The third-order valence-corrected chi connectivity index (χ3v) is 1.77. The van der Waals surface area contributed by atoms with Crippen molar-refractivity contribution in [2.45, 2.75) is 6.42 Å². The minimum Gasteiger partial charge on any atom is -0.502 e. The highest BCUT2D eigenvalue weighted by Gasteiger charge is 2.05. The predicted octanol–water partition coefficient (Wildman–Crippen LogP) is 1.84. The number of esters is 1. The summed E-state index contributed by atoms with van der Waals surface area (Å²) in [5.41, 5.74) is 1.03. The molecule has 14 heavy (non-hydrogen) atoms. The van der Waals surface area contributed by atoms with Crippen molar-refractivity contribution in [2.75, 3.05) is 7.11 Å². The number of hydrogen-bond acceptors (Lipinski definition) is 3. The van der Waals surface area contributed by atoms with Crippen LogP contribution in [-0.2, 0) is 16.0 Å². The summed E-state index contributed by atoms with van der Waals surface area (Å²) < 4.78 is 4.34. The Bertz CT molecular complexity index is 328. The molecular weight excluding hydrogens is 180 g/mol. The van der Waals surface area contributed by atoms with Crippen LogP contribution in [0.4, 0.5) is 0 Å². The minimum atomic E-state index is -0.707. The van der Waals surface area contributed by atoms with Crippen molar-refractivity contribution in [3.05, 3.63) is 47.7 Å². The number of ether oxygens (including phenoxy) is 1. The lowest BCUT2D eigenvalue weighted by molar-refractivity contribution is -0.139. The number of aliphatic hydroxyl groups is 1. The van der Waals surface area contributed by atoms with Crippen molar-refractivity contribution in [3.63, 3.8) is 0 Å². The van der Waals surface area contributed by atoms with Gasteiger partial charge in [0.25, 0.3) is 0 Å². The summed E-state index contributed by atoms with van der Waals surface area (Å²) >= 11 is 0. The lowest BCUT2D eigenvalue weighted by atomic mass is 10.1. The molecule has 0 aromatic heterocycles. The molecule has 0 fully saturated rings. The molecule has 1 aromatic carbocycles. The summed E-state index contributed by atoms with van der Waals surface area (Å²) in [6.07, 6.45) is 1.95. The van der Waals surface area contributed by atoms with Crippen LogP contribution >= 0.6 is 0 Å². The first-order valence-electron chi connectivity index (χ1n) is 4.25. The van der Waals surface area contributed by atoms with Gasteiger partial charge < -0.3 is 9.84 Å². The summed E-state index contributed by atoms with van der Waals surface area (Å²) in [5, 5.41) is 9.17. The molecule has 0 unspecified atom stereocenters. The molecule has 1 rings (SSSR count). The number of methoxy groups -OCH3 is 1. The SMILES string of the molecule is COC(=O)C(O)=CCc1ccccc1. The average Bonchev–Trinajstić information content (AvgIpc) is 2.26. The van der Waals surface area contributed by atoms with Crippen molar-refractivity contribution < 1.29 is 14.6 Å². The molecule has 0 atom stereocenters. The normalized spacial score (nSPS) is 11.1. The van der Waals surface area contributed by atoms with E-state index >= 15 is 0 Å². The summed E-state index contributed by atoms with van der Waals surface area (Å²) in [6.45, 7) is 0. The Morgan fingerprint density at radius 1 is 1.43 bits per heavy atom. The highest BCUT2D eigenvalue weighted by Crippen LogP contribution is 2.02. The number of benzene rings is 1. The molecule has 0 saturated carbocycles. The standard InChI is InChI=1S/C11H12O3/c1-14-11(13)10(12)8-7-9-5-3-2-4-6-9/h2-6,8,12H,7H2,1H3. The molecule has 0 aliphatic carbocycles. The van der Waals surface area contributed by atoms with E-state index in [0.717, 1.165) is 5.56 Å². The number of aliphatic hydroxyl groups excluding tert-OH is 1. The number of allylic oxidation sites excluding steroid dienone is 1. The van der Waals surface area contributed by atoms with E-state index in [9.17, 15) is 4.79 Å². The first kappa shape index (κ1) is 10.3. The van der Waals surface area contributed by atoms with Crippen molar-refractivity contribution in [2.24, 2.45) is 0 Å². The minimum absolute atomic E-state index is 0.351. The fourth-order valence-corrected chi connectivity index (χ4v) is 1.02. The Hall–Kier alpha value is -1.77. The average molecular weight is 192 g/mol. The van der Waals surface area contributed by atoms with Crippen molar-refractivity contribution in [1.29, 1.82) is 0 Å². The zero-order valence-electron chi connectivity index (χ0n) is 7.93. The van der Waals surface area contributed by atoms with Gasteiger partial charge in [0.2, 0.25) is 0 Å². The topological polar surface area (TPSA) is 46.5 Å². The molecule has 0 radical (unpaired) electrons. The summed E-state index contributed by atoms with van der Waals surface area (Å²) in [7, 11) is 1.23. The highest BCUT2D eigenvalue weighted by molar-refractivity contribution is 5.85. The van der Waals surface area contributed by atoms with Gasteiger partial charge in [0.15, 0.2) is 5.76 Å². The molecule has 0 bridgehead atoms. The molecule has 3 nitrogen and oxygen atoms in total. The highest BCUT2D eigenvalue weighted by atomic mass is 16.5. The Morgan fingerprint density at radius 3 is 2.64 bits per heavy atom. The van der Waals surface area contributed by atoms with Crippen LogP contribution in [0.5, 0.6) is 0 Å². The third-order valence-electron chi connectivity index (χ3n) is 1.77. The third kappa shape index (κ3) is 2.94. The van der Waals surface area contributed by atoms with Crippen LogP contribution in [0.1, 0.15) is 5.56 Å². The fraction of sp³-hybridized carbons (Fsp3) is 0.182. The van der Waals surface area contributed by atoms with Crippen LogP contribution in [0.15, 0.2) is 42.2 Å². The second kappa shape index (κ2) is 5.07. The summed E-state index contributed by atoms with van der Waals surface area (Å²) in [4.78, 5) is 10.8. The molecule has 1 N–H and O–H groups in total. The van der Waals surface area contributed by atoms with Crippen LogP contribution in [-0.4, -0.2) is 18.2 Å². The van der Waals surface area contributed by atoms with Gasteiger partial charge in [0, 0.05) is 0 Å². The van der Waals surface area contributed by atoms with E-state index in [4.69, 9.17) is 5.11 Å². The zero-order chi connectivity index (χ0) is 10.4. The zero-order valence-corrected chi connectivity index (χ0v) is 7.93. The molecule has 0 aliphatic rings. The Balaban J connectivity index is 2.59. The van der Waals surface area contributed by atoms with Crippen LogP contribution in [0.25, 0.3) is 0 Å². The van der Waals surface area contributed by atoms with E-state index in [2.05, 4.69) is 4.74 Å². The van der Waals surface area contributed by atoms with E-state index < -0.39 is 5.97 Å². The summed E-state index contributed by atoms with van der Waals surface area (Å²) in [5.74, 6) is -1.06. The predicted molar refractivity (Wildman–Crippen MR) is 52.9 cm³/mol.